The molecule has 1 aliphatic rings. The second-order valence-corrected chi connectivity index (χ2v) is 6.07. The van der Waals surface area contributed by atoms with Gasteiger partial charge in [0.1, 0.15) is 11.2 Å². The Morgan fingerprint density at radius 3 is 2.52 bits per heavy atom. The minimum Gasteiger partial charge on any atom is -0.504 e. The molecule has 5 rings (SSSR count). The minimum absolute atomic E-state index is 0.174. The molecule has 0 saturated heterocycles. The molecule has 2 heterocycles. The van der Waals surface area contributed by atoms with Gasteiger partial charge in [-0.3, -0.25) is 0 Å². The van der Waals surface area contributed by atoms with Crippen molar-refractivity contribution in [2.24, 2.45) is 0 Å². The normalized spacial score (nSPS) is 13.0. The summed E-state index contributed by atoms with van der Waals surface area (Å²) in [5.41, 5.74) is 3.20. The van der Waals surface area contributed by atoms with Crippen LogP contribution in [0.15, 0.2) is 52.9 Å². The van der Waals surface area contributed by atoms with Crippen LogP contribution in [0.2, 0.25) is 0 Å². The number of hydrogen-bond donors (Lipinski definition) is 2. The molecule has 1 aromatic heterocycles. The van der Waals surface area contributed by atoms with E-state index in [0.717, 1.165) is 21.9 Å². The van der Waals surface area contributed by atoms with Crippen molar-refractivity contribution in [3.8, 4) is 23.0 Å². The third-order valence-corrected chi connectivity index (χ3v) is 4.51. The maximum atomic E-state index is 9.85. The lowest BCUT2D eigenvalue weighted by Crippen LogP contribution is -1.95. The molecule has 5 nitrogen and oxygen atoms in total. The molecule has 5 heteroatoms. The third-order valence-electron chi connectivity index (χ3n) is 4.51. The zero-order chi connectivity index (χ0) is 17.0. The first-order valence-corrected chi connectivity index (χ1v) is 7.94. The first-order chi connectivity index (χ1) is 12.2. The molecule has 0 aliphatic carbocycles. The maximum absolute atomic E-state index is 9.85. The fraction of sp³-hybridized carbons (Fsp3) is 0.100. The highest BCUT2D eigenvalue weighted by molar-refractivity contribution is 6.08. The summed E-state index contributed by atoms with van der Waals surface area (Å²) >= 11 is 0. The first kappa shape index (κ1) is 14.0. The zero-order valence-electron chi connectivity index (χ0n) is 13.2. The number of ether oxygens (including phenoxy) is 2. The number of furan rings is 1. The second-order valence-electron chi connectivity index (χ2n) is 6.07. The Hall–Kier alpha value is -3.34. The first-order valence-electron chi connectivity index (χ1n) is 7.94. The predicted molar refractivity (Wildman–Crippen MR) is 92.4 cm³/mol. The van der Waals surface area contributed by atoms with E-state index in [0.29, 0.717) is 29.1 Å². The van der Waals surface area contributed by atoms with Crippen molar-refractivity contribution < 1.29 is 24.1 Å². The van der Waals surface area contributed by atoms with Gasteiger partial charge in [0, 0.05) is 28.8 Å². The molecule has 0 fully saturated rings. The van der Waals surface area contributed by atoms with Crippen molar-refractivity contribution in [3.05, 3.63) is 59.7 Å². The molecule has 2 N–H and O–H groups in total. The molecular weight excluding hydrogens is 320 g/mol. The highest BCUT2D eigenvalue weighted by Crippen LogP contribution is 2.46. The zero-order valence-corrected chi connectivity index (χ0v) is 13.2. The Kier molecular flexibility index (Phi) is 2.85. The lowest BCUT2D eigenvalue weighted by atomic mass is 10.0. The largest absolute Gasteiger partial charge is 0.504 e. The fourth-order valence-electron chi connectivity index (χ4n) is 3.33. The Balaban J connectivity index is 1.82. The SMILES string of the molecule is Oc1cc2oc3c(Cc4ccccc4)c4c(cc3c2cc1O)OCO4. The Morgan fingerprint density at radius 2 is 1.68 bits per heavy atom. The van der Waals surface area contributed by atoms with Crippen LogP contribution in [0, 0.1) is 0 Å². The number of aromatic hydroxyl groups is 2. The van der Waals surface area contributed by atoms with Gasteiger partial charge in [0.2, 0.25) is 6.79 Å². The van der Waals surface area contributed by atoms with Crippen LogP contribution >= 0.6 is 0 Å². The lowest BCUT2D eigenvalue weighted by Gasteiger charge is -2.07. The van der Waals surface area contributed by atoms with E-state index < -0.39 is 0 Å². The molecule has 4 aromatic rings. The topological polar surface area (TPSA) is 72.1 Å². The Labute approximate surface area is 142 Å². The summed E-state index contributed by atoms with van der Waals surface area (Å²) in [6.07, 6.45) is 0.627. The smallest absolute Gasteiger partial charge is 0.231 e. The van der Waals surface area contributed by atoms with Gasteiger partial charge in [-0.05, 0) is 17.7 Å². The van der Waals surface area contributed by atoms with Gasteiger partial charge in [0.25, 0.3) is 0 Å². The molecule has 0 radical (unpaired) electrons. The molecule has 0 saturated carbocycles. The van der Waals surface area contributed by atoms with Crippen LogP contribution in [0.5, 0.6) is 23.0 Å². The van der Waals surface area contributed by atoms with Crippen LogP contribution in [-0.2, 0) is 6.42 Å². The standard InChI is InChI=1S/C20H14O5/c21-15-7-12-13-8-18-20(24-10-23-18)14(6-11-4-2-1-3-5-11)19(13)25-17(12)9-16(15)22/h1-5,7-9,21-22H,6,10H2. The van der Waals surface area contributed by atoms with Gasteiger partial charge in [-0.25, -0.2) is 0 Å². The molecule has 0 unspecified atom stereocenters. The van der Waals surface area contributed by atoms with E-state index in [1.807, 2.05) is 36.4 Å². The Bertz CT molecular complexity index is 1110. The van der Waals surface area contributed by atoms with Gasteiger partial charge in [0.05, 0.1) is 0 Å². The molecule has 0 atom stereocenters. The van der Waals surface area contributed by atoms with Crippen molar-refractivity contribution in [1.82, 2.24) is 0 Å². The summed E-state index contributed by atoms with van der Waals surface area (Å²) in [4.78, 5) is 0. The summed E-state index contributed by atoms with van der Waals surface area (Å²) in [6, 6.07) is 14.8. The van der Waals surface area contributed by atoms with E-state index in [-0.39, 0.29) is 18.3 Å². The van der Waals surface area contributed by atoms with Crippen LogP contribution in [0.1, 0.15) is 11.1 Å². The van der Waals surface area contributed by atoms with Crippen LogP contribution in [0.3, 0.4) is 0 Å². The number of hydrogen-bond acceptors (Lipinski definition) is 5. The third kappa shape index (κ3) is 2.09. The summed E-state index contributed by atoms with van der Waals surface area (Å²) in [6.45, 7) is 0.174. The lowest BCUT2D eigenvalue weighted by molar-refractivity contribution is 0.173. The summed E-state index contributed by atoms with van der Waals surface area (Å²) in [5.74, 6) is 0.950. The van der Waals surface area contributed by atoms with Crippen molar-refractivity contribution in [2.45, 2.75) is 6.42 Å². The van der Waals surface area contributed by atoms with Gasteiger partial charge in [-0.15, -0.1) is 0 Å². The fourth-order valence-corrected chi connectivity index (χ4v) is 3.33. The van der Waals surface area contributed by atoms with Crippen molar-refractivity contribution in [2.75, 3.05) is 6.79 Å². The molecule has 3 aromatic carbocycles. The summed E-state index contributed by atoms with van der Waals surface area (Å²) in [5, 5.41) is 21.1. The van der Waals surface area contributed by atoms with Gasteiger partial charge in [0.15, 0.2) is 23.0 Å². The average molecular weight is 334 g/mol. The van der Waals surface area contributed by atoms with Gasteiger partial charge >= 0.3 is 0 Å². The average Bonchev–Trinajstić information content (AvgIpc) is 3.21. The van der Waals surface area contributed by atoms with Crippen molar-refractivity contribution in [3.63, 3.8) is 0 Å². The number of fused-ring (bicyclic) bond motifs is 4. The highest BCUT2D eigenvalue weighted by atomic mass is 16.7. The van der Waals surface area contributed by atoms with E-state index in [9.17, 15) is 10.2 Å². The molecule has 0 amide bonds. The van der Waals surface area contributed by atoms with E-state index in [1.54, 1.807) is 0 Å². The Morgan fingerprint density at radius 1 is 0.880 bits per heavy atom. The van der Waals surface area contributed by atoms with Crippen molar-refractivity contribution >= 4 is 21.9 Å². The van der Waals surface area contributed by atoms with E-state index in [1.165, 1.54) is 12.1 Å². The van der Waals surface area contributed by atoms with Crippen LogP contribution in [-0.4, -0.2) is 17.0 Å². The molecule has 0 bridgehead atoms. The summed E-state index contributed by atoms with van der Waals surface area (Å²) in [7, 11) is 0. The van der Waals surface area contributed by atoms with E-state index in [2.05, 4.69) is 0 Å². The predicted octanol–water partition coefficient (Wildman–Crippen LogP) is 4.32. The second kappa shape index (κ2) is 5.08. The number of phenolic OH excluding ortho intramolecular Hbond substituents is 2. The number of phenols is 2. The summed E-state index contributed by atoms with van der Waals surface area (Å²) < 4.78 is 17.3. The maximum Gasteiger partial charge on any atom is 0.231 e. The van der Waals surface area contributed by atoms with Crippen molar-refractivity contribution in [1.29, 1.82) is 0 Å². The minimum atomic E-state index is -0.212. The molecule has 1 aliphatic heterocycles. The molecule has 25 heavy (non-hydrogen) atoms. The number of benzene rings is 3. The monoisotopic (exact) mass is 334 g/mol. The van der Waals surface area contributed by atoms with Crippen LogP contribution in [0.25, 0.3) is 21.9 Å². The molecular formula is C20H14O5. The molecule has 124 valence electrons. The quantitative estimate of drug-likeness (QED) is 0.534. The van der Waals surface area contributed by atoms with Crippen LogP contribution in [0.4, 0.5) is 0 Å². The molecule has 0 spiro atoms. The van der Waals surface area contributed by atoms with E-state index in [4.69, 9.17) is 13.9 Å². The number of rotatable bonds is 2. The van der Waals surface area contributed by atoms with Gasteiger partial charge in [-0.2, -0.15) is 0 Å². The van der Waals surface area contributed by atoms with E-state index >= 15 is 0 Å². The highest BCUT2D eigenvalue weighted by Gasteiger charge is 2.25. The van der Waals surface area contributed by atoms with Gasteiger partial charge in [-0.1, -0.05) is 30.3 Å². The van der Waals surface area contributed by atoms with Crippen LogP contribution < -0.4 is 9.47 Å². The van der Waals surface area contributed by atoms with Gasteiger partial charge < -0.3 is 24.1 Å².